The molecule has 1 aromatic heterocycles. The SMILES string of the molecule is Cc1[nH]c2ccc(C(=O)NCC(O)C(=O)O)cc2c1C. The summed E-state index contributed by atoms with van der Waals surface area (Å²) in [5, 5.41) is 21.0. The zero-order chi connectivity index (χ0) is 14.9. The average molecular weight is 276 g/mol. The largest absolute Gasteiger partial charge is 0.479 e. The van der Waals surface area contributed by atoms with Gasteiger partial charge < -0.3 is 20.5 Å². The molecule has 0 aliphatic carbocycles. The minimum absolute atomic E-state index is 0.322. The number of amides is 1. The van der Waals surface area contributed by atoms with Crippen LogP contribution in [-0.2, 0) is 4.79 Å². The van der Waals surface area contributed by atoms with Crippen molar-refractivity contribution in [1.82, 2.24) is 10.3 Å². The summed E-state index contributed by atoms with van der Waals surface area (Å²) in [5.74, 6) is -1.77. The first-order valence-corrected chi connectivity index (χ1v) is 6.18. The third-order valence-corrected chi connectivity index (χ3v) is 3.31. The first-order chi connectivity index (χ1) is 9.40. The van der Waals surface area contributed by atoms with Crippen LogP contribution in [-0.4, -0.2) is 39.7 Å². The molecule has 0 radical (unpaired) electrons. The monoisotopic (exact) mass is 276 g/mol. The fourth-order valence-electron chi connectivity index (χ4n) is 1.98. The zero-order valence-corrected chi connectivity index (χ0v) is 11.2. The van der Waals surface area contributed by atoms with Gasteiger partial charge in [0.2, 0.25) is 0 Å². The summed E-state index contributed by atoms with van der Waals surface area (Å²) in [6.45, 7) is 3.60. The smallest absolute Gasteiger partial charge is 0.334 e. The Labute approximate surface area is 115 Å². The van der Waals surface area contributed by atoms with Crippen molar-refractivity contribution < 1.29 is 19.8 Å². The normalized spacial score (nSPS) is 12.3. The number of rotatable bonds is 4. The molecule has 4 N–H and O–H groups in total. The summed E-state index contributed by atoms with van der Waals surface area (Å²) in [6.07, 6.45) is -1.60. The summed E-state index contributed by atoms with van der Waals surface area (Å²) in [6, 6.07) is 5.20. The summed E-state index contributed by atoms with van der Waals surface area (Å²) in [7, 11) is 0. The highest BCUT2D eigenvalue weighted by Gasteiger charge is 2.15. The van der Waals surface area contributed by atoms with Crippen LogP contribution in [0.4, 0.5) is 0 Å². The summed E-state index contributed by atoms with van der Waals surface area (Å²) in [5.41, 5.74) is 3.48. The number of nitrogens with one attached hydrogen (secondary N) is 2. The highest BCUT2D eigenvalue weighted by Crippen LogP contribution is 2.22. The van der Waals surface area contributed by atoms with Crippen LogP contribution in [0.3, 0.4) is 0 Å². The van der Waals surface area contributed by atoms with Gasteiger partial charge in [0.1, 0.15) is 0 Å². The molecule has 0 saturated carbocycles. The molecule has 1 amide bonds. The molecule has 6 heteroatoms. The Bertz CT molecular complexity index is 675. The first-order valence-electron chi connectivity index (χ1n) is 6.18. The second-order valence-corrected chi connectivity index (χ2v) is 4.70. The molecular formula is C14H16N2O4. The number of carboxylic acid groups (broad SMARTS) is 1. The lowest BCUT2D eigenvalue weighted by Gasteiger charge is -2.08. The summed E-state index contributed by atoms with van der Waals surface area (Å²) >= 11 is 0. The van der Waals surface area contributed by atoms with E-state index in [1.54, 1.807) is 18.2 Å². The number of hydrogen-bond donors (Lipinski definition) is 4. The lowest BCUT2D eigenvalue weighted by atomic mass is 10.1. The van der Waals surface area contributed by atoms with Crippen LogP contribution in [0.5, 0.6) is 0 Å². The number of fused-ring (bicyclic) bond motifs is 1. The molecule has 1 heterocycles. The topological polar surface area (TPSA) is 102 Å². The van der Waals surface area contributed by atoms with E-state index in [4.69, 9.17) is 10.2 Å². The lowest BCUT2D eigenvalue weighted by Crippen LogP contribution is -2.36. The number of aliphatic carboxylic acids is 1. The molecule has 106 valence electrons. The Kier molecular flexibility index (Phi) is 3.76. The van der Waals surface area contributed by atoms with Gasteiger partial charge in [0, 0.05) is 22.2 Å². The molecule has 0 bridgehead atoms. The summed E-state index contributed by atoms with van der Waals surface area (Å²) in [4.78, 5) is 25.6. The Balaban J connectivity index is 2.18. The third kappa shape index (κ3) is 2.65. The number of hydrogen-bond acceptors (Lipinski definition) is 3. The van der Waals surface area contributed by atoms with E-state index in [9.17, 15) is 9.59 Å². The van der Waals surface area contributed by atoms with Crippen molar-refractivity contribution >= 4 is 22.8 Å². The van der Waals surface area contributed by atoms with E-state index in [1.165, 1.54) is 0 Å². The number of H-pyrrole nitrogens is 1. The number of carbonyl (C=O) groups is 2. The predicted molar refractivity (Wildman–Crippen MR) is 73.7 cm³/mol. The predicted octanol–water partition coefficient (Wildman–Crippen LogP) is 0.960. The maximum absolute atomic E-state index is 11.9. The molecule has 0 fully saturated rings. The van der Waals surface area contributed by atoms with E-state index in [0.29, 0.717) is 5.56 Å². The fraction of sp³-hybridized carbons (Fsp3) is 0.286. The van der Waals surface area contributed by atoms with Crippen molar-refractivity contribution in [3.05, 3.63) is 35.0 Å². The number of aromatic nitrogens is 1. The first kappa shape index (κ1) is 14.1. The van der Waals surface area contributed by atoms with E-state index in [-0.39, 0.29) is 6.54 Å². The van der Waals surface area contributed by atoms with Crippen molar-refractivity contribution in [3.8, 4) is 0 Å². The van der Waals surface area contributed by atoms with Crippen LogP contribution < -0.4 is 5.32 Å². The van der Waals surface area contributed by atoms with Gasteiger partial charge in [-0.3, -0.25) is 4.79 Å². The van der Waals surface area contributed by atoms with Crippen LogP contribution in [0.2, 0.25) is 0 Å². The van der Waals surface area contributed by atoms with Gasteiger partial charge in [0.25, 0.3) is 5.91 Å². The van der Waals surface area contributed by atoms with Crippen LogP contribution in [0.25, 0.3) is 10.9 Å². The van der Waals surface area contributed by atoms with Gasteiger partial charge in [-0.05, 0) is 37.6 Å². The molecule has 1 atom stereocenters. The Hall–Kier alpha value is -2.34. The van der Waals surface area contributed by atoms with Crippen LogP contribution in [0, 0.1) is 13.8 Å². The molecule has 6 nitrogen and oxygen atoms in total. The van der Waals surface area contributed by atoms with Crippen molar-refractivity contribution in [2.75, 3.05) is 6.54 Å². The molecule has 2 aromatic rings. The number of aliphatic hydroxyl groups excluding tert-OH is 1. The van der Waals surface area contributed by atoms with Gasteiger partial charge in [0.15, 0.2) is 6.10 Å². The minimum atomic E-state index is -1.60. The molecule has 0 aliphatic heterocycles. The maximum Gasteiger partial charge on any atom is 0.334 e. The van der Waals surface area contributed by atoms with Crippen molar-refractivity contribution in [1.29, 1.82) is 0 Å². The minimum Gasteiger partial charge on any atom is -0.479 e. The highest BCUT2D eigenvalue weighted by atomic mass is 16.4. The van der Waals surface area contributed by atoms with Gasteiger partial charge >= 0.3 is 5.97 Å². The van der Waals surface area contributed by atoms with Crippen molar-refractivity contribution in [2.45, 2.75) is 20.0 Å². The zero-order valence-electron chi connectivity index (χ0n) is 11.2. The number of aryl methyl sites for hydroxylation is 2. The number of carbonyl (C=O) groups excluding carboxylic acids is 1. The number of aromatic amines is 1. The second kappa shape index (κ2) is 5.34. The van der Waals surface area contributed by atoms with Crippen LogP contribution >= 0.6 is 0 Å². The standard InChI is InChI=1S/C14H16N2O4/c1-7-8(2)16-11-4-3-9(5-10(7)11)13(18)15-6-12(17)14(19)20/h3-5,12,16-17H,6H2,1-2H3,(H,15,18)(H,19,20). The van der Waals surface area contributed by atoms with Gasteiger partial charge in [-0.2, -0.15) is 0 Å². The third-order valence-electron chi connectivity index (χ3n) is 3.31. The molecule has 0 saturated heterocycles. The molecule has 2 rings (SSSR count). The molecular weight excluding hydrogens is 260 g/mol. The van der Waals surface area contributed by atoms with E-state index in [1.807, 2.05) is 13.8 Å². The van der Waals surface area contributed by atoms with E-state index >= 15 is 0 Å². The van der Waals surface area contributed by atoms with Crippen LogP contribution in [0.1, 0.15) is 21.6 Å². The van der Waals surface area contributed by atoms with E-state index < -0.39 is 18.0 Å². The molecule has 1 unspecified atom stereocenters. The average Bonchev–Trinajstić information content (AvgIpc) is 2.70. The Morgan fingerprint density at radius 1 is 1.35 bits per heavy atom. The number of carboxylic acids is 1. The maximum atomic E-state index is 11.9. The van der Waals surface area contributed by atoms with Gasteiger partial charge in [0.05, 0.1) is 6.54 Å². The van der Waals surface area contributed by atoms with E-state index in [2.05, 4.69) is 10.3 Å². The second-order valence-electron chi connectivity index (χ2n) is 4.70. The quantitative estimate of drug-likeness (QED) is 0.668. The molecule has 0 spiro atoms. The van der Waals surface area contributed by atoms with Crippen molar-refractivity contribution in [2.24, 2.45) is 0 Å². The van der Waals surface area contributed by atoms with Crippen molar-refractivity contribution in [3.63, 3.8) is 0 Å². The molecule has 20 heavy (non-hydrogen) atoms. The summed E-state index contributed by atoms with van der Waals surface area (Å²) < 4.78 is 0. The van der Waals surface area contributed by atoms with Gasteiger partial charge in [-0.25, -0.2) is 4.79 Å². The van der Waals surface area contributed by atoms with Gasteiger partial charge in [-0.15, -0.1) is 0 Å². The molecule has 0 aliphatic rings. The Morgan fingerprint density at radius 3 is 2.70 bits per heavy atom. The van der Waals surface area contributed by atoms with E-state index in [0.717, 1.165) is 22.2 Å². The fourth-order valence-corrected chi connectivity index (χ4v) is 1.98. The molecule has 1 aromatic carbocycles. The van der Waals surface area contributed by atoms with Crippen LogP contribution in [0.15, 0.2) is 18.2 Å². The number of benzene rings is 1. The number of aliphatic hydroxyl groups is 1. The lowest BCUT2D eigenvalue weighted by molar-refractivity contribution is -0.146. The Morgan fingerprint density at radius 2 is 2.05 bits per heavy atom. The highest BCUT2D eigenvalue weighted by molar-refractivity contribution is 5.99. The van der Waals surface area contributed by atoms with Gasteiger partial charge in [-0.1, -0.05) is 0 Å².